The molecule has 1 aromatic heterocycles. The Kier molecular flexibility index (Phi) is 4.92. The van der Waals surface area contributed by atoms with Crippen LogP contribution in [0.5, 0.6) is 0 Å². The first-order chi connectivity index (χ1) is 11.1. The first-order valence-electron chi connectivity index (χ1n) is 7.25. The van der Waals surface area contributed by atoms with E-state index in [2.05, 4.69) is 15.5 Å². The lowest BCUT2D eigenvalue weighted by atomic mass is 10.2. The molecule has 0 radical (unpaired) electrons. The van der Waals surface area contributed by atoms with Crippen LogP contribution in [0.4, 0.5) is 11.4 Å². The summed E-state index contributed by atoms with van der Waals surface area (Å²) in [6, 6.07) is 7.36. The molecule has 120 valence electrons. The molecule has 8 heteroatoms. The molecule has 2 heterocycles. The van der Waals surface area contributed by atoms with E-state index in [0.29, 0.717) is 12.2 Å². The second-order valence-electron chi connectivity index (χ2n) is 5.12. The minimum Gasteiger partial charge on any atom is -0.325 e. The van der Waals surface area contributed by atoms with Gasteiger partial charge in [0.1, 0.15) is 5.01 Å². The van der Waals surface area contributed by atoms with Crippen LogP contribution in [-0.4, -0.2) is 34.3 Å². The Labute approximate surface area is 142 Å². The van der Waals surface area contributed by atoms with Crippen LogP contribution < -0.4 is 10.2 Å². The van der Waals surface area contributed by atoms with Crippen molar-refractivity contribution < 1.29 is 9.59 Å². The maximum atomic E-state index is 11.9. The lowest BCUT2D eigenvalue weighted by molar-refractivity contribution is -0.117. The van der Waals surface area contributed by atoms with Crippen LogP contribution in [-0.2, 0) is 9.59 Å². The summed E-state index contributed by atoms with van der Waals surface area (Å²) in [4.78, 5) is 25.4. The largest absolute Gasteiger partial charge is 0.325 e. The molecule has 0 spiro atoms. The van der Waals surface area contributed by atoms with Gasteiger partial charge in [0.05, 0.1) is 5.75 Å². The van der Waals surface area contributed by atoms with Gasteiger partial charge in [-0.1, -0.05) is 23.1 Å². The smallest absolute Gasteiger partial charge is 0.234 e. The predicted molar refractivity (Wildman–Crippen MR) is 92.0 cm³/mol. The Bertz CT molecular complexity index is 715. The van der Waals surface area contributed by atoms with Gasteiger partial charge >= 0.3 is 0 Å². The highest BCUT2D eigenvalue weighted by atomic mass is 32.2. The maximum absolute atomic E-state index is 11.9. The molecular formula is C15H16N4O2S2. The number of carbonyl (C=O) groups excluding carboxylic acids is 2. The second-order valence-corrected chi connectivity index (χ2v) is 7.52. The van der Waals surface area contributed by atoms with Crippen molar-refractivity contribution >= 4 is 46.3 Å². The highest BCUT2D eigenvalue weighted by Gasteiger charge is 2.21. The Hall–Kier alpha value is -1.93. The normalized spacial score (nSPS) is 14.3. The van der Waals surface area contributed by atoms with E-state index >= 15 is 0 Å². The number of hydrogen-bond donors (Lipinski definition) is 1. The molecule has 0 saturated carbocycles. The molecule has 2 aromatic rings. The summed E-state index contributed by atoms with van der Waals surface area (Å²) in [7, 11) is 0. The van der Waals surface area contributed by atoms with E-state index < -0.39 is 0 Å². The van der Waals surface area contributed by atoms with Crippen molar-refractivity contribution in [2.75, 3.05) is 22.5 Å². The van der Waals surface area contributed by atoms with Gasteiger partial charge in [0, 0.05) is 24.3 Å². The molecule has 2 amide bonds. The van der Waals surface area contributed by atoms with Crippen molar-refractivity contribution in [2.45, 2.75) is 24.1 Å². The number of nitrogens with one attached hydrogen (secondary N) is 1. The van der Waals surface area contributed by atoms with E-state index in [1.54, 1.807) is 4.90 Å². The fourth-order valence-electron chi connectivity index (χ4n) is 2.31. The van der Waals surface area contributed by atoms with Crippen molar-refractivity contribution in [3.8, 4) is 0 Å². The lowest BCUT2D eigenvalue weighted by Crippen LogP contribution is -2.23. The number of hydrogen-bond acceptors (Lipinski definition) is 6. The van der Waals surface area contributed by atoms with Crippen molar-refractivity contribution in [1.82, 2.24) is 10.2 Å². The Morgan fingerprint density at radius 3 is 2.74 bits per heavy atom. The lowest BCUT2D eigenvalue weighted by Gasteiger charge is -2.16. The van der Waals surface area contributed by atoms with Gasteiger partial charge in [0.15, 0.2) is 4.34 Å². The topological polar surface area (TPSA) is 75.2 Å². The van der Waals surface area contributed by atoms with Gasteiger partial charge in [-0.3, -0.25) is 9.59 Å². The highest BCUT2D eigenvalue weighted by molar-refractivity contribution is 8.01. The summed E-state index contributed by atoms with van der Waals surface area (Å²) in [5.41, 5.74) is 1.60. The molecule has 1 fully saturated rings. The van der Waals surface area contributed by atoms with Gasteiger partial charge in [-0.25, -0.2) is 0 Å². The third-order valence-electron chi connectivity index (χ3n) is 3.37. The van der Waals surface area contributed by atoms with E-state index in [4.69, 9.17) is 0 Å². The molecule has 23 heavy (non-hydrogen) atoms. The maximum Gasteiger partial charge on any atom is 0.234 e. The van der Waals surface area contributed by atoms with Crippen LogP contribution in [0.25, 0.3) is 0 Å². The molecule has 1 aliphatic heterocycles. The first-order valence-corrected chi connectivity index (χ1v) is 9.05. The number of aryl methyl sites for hydroxylation is 1. The zero-order valence-electron chi connectivity index (χ0n) is 12.6. The Morgan fingerprint density at radius 2 is 2.13 bits per heavy atom. The average Bonchev–Trinajstić information content (AvgIpc) is 3.14. The quantitative estimate of drug-likeness (QED) is 0.841. The summed E-state index contributed by atoms with van der Waals surface area (Å²) in [5, 5.41) is 11.6. The summed E-state index contributed by atoms with van der Waals surface area (Å²) in [5.74, 6) is 0.361. The second kappa shape index (κ2) is 7.10. The number of nitrogens with zero attached hydrogens (tertiary/aromatic N) is 3. The van der Waals surface area contributed by atoms with Gasteiger partial charge < -0.3 is 10.2 Å². The number of anilines is 2. The minimum absolute atomic E-state index is 0.0900. The van der Waals surface area contributed by atoms with Crippen molar-refractivity contribution in [1.29, 1.82) is 0 Å². The molecule has 1 saturated heterocycles. The molecule has 1 aliphatic rings. The van der Waals surface area contributed by atoms with Crippen molar-refractivity contribution in [3.63, 3.8) is 0 Å². The number of thioether (sulfide) groups is 1. The molecule has 0 atom stereocenters. The molecule has 0 aliphatic carbocycles. The molecular weight excluding hydrogens is 332 g/mol. The van der Waals surface area contributed by atoms with E-state index in [9.17, 15) is 9.59 Å². The molecule has 6 nitrogen and oxygen atoms in total. The average molecular weight is 348 g/mol. The molecule has 3 rings (SSSR count). The van der Waals surface area contributed by atoms with E-state index in [1.165, 1.54) is 23.1 Å². The fraction of sp³-hybridized carbons (Fsp3) is 0.333. The van der Waals surface area contributed by atoms with Crippen molar-refractivity contribution in [3.05, 3.63) is 29.3 Å². The van der Waals surface area contributed by atoms with Crippen LogP contribution >= 0.6 is 23.1 Å². The van der Waals surface area contributed by atoms with Crippen LogP contribution in [0.1, 0.15) is 17.8 Å². The van der Waals surface area contributed by atoms with Crippen LogP contribution in [0, 0.1) is 6.92 Å². The number of benzene rings is 1. The Morgan fingerprint density at radius 1 is 1.35 bits per heavy atom. The molecule has 1 N–H and O–H groups in total. The van der Waals surface area contributed by atoms with Gasteiger partial charge in [-0.15, -0.1) is 10.2 Å². The summed E-state index contributed by atoms with van der Waals surface area (Å²) >= 11 is 2.85. The predicted octanol–water partition coefficient (Wildman–Crippen LogP) is 2.70. The van der Waals surface area contributed by atoms with Crippen LogP contribution in [0.2, 0.25) is 0 Å². The summed E-state index contributed by atoms with van der Waals surface area (Å²) in [6.45, 7) is 2.65. The zero-order chi connectivity index (χ0) is 16.2. The Balaban J connectivity index is 1.53. The van der Waals surface area contributed by atoms with Gasteiger partial charge in [-0.05, 0) is 37.6 Å². The van der Waals surface area contributed by atoms with Gasteiger partial charge in [0.2, 0.25) is 11.8 Å². The van der Waals surface area contributed by atoms with Gasteiger partial charge in [0.25, 0.3) is 0 Å². The van der Waals surface area contributed by atoms with Crippen LogP contribution in [0.3, 0.4) is 0 Å². The molecule has 1 aromatic carbocycles. The summed E-state index contributed by atoms with van der Waals surface area (Å²) in [6.07, 6.45) is 1.51. The third kappa shape index (κ3) is 4.08. The SMILES string of the molecule is Cc1nnc(SCC(=O)Nc2ccc(N3CCCC3=O)cc2)s1. The van der Waals surface area contributed by atoms with Gasteiger partial charge in [-0.2, -0.15) is 0 Å². The van der Waals surface area contributed by atoms with Crippen molar-refractivity contribution in [2.24, 2.45) is 0 Å². The minimum atomic E-state index is -0.0900. The number of rotatable bonds is 5. The number of aromatic nitrogens is 2. The highest BCUT2D eigenvalue weighted by Crippen LogP contribution is 2.24. The number of amides is 2. The third-order valence-corrected chi connectivity index (χ3v) is 5.34. The fourth-order valence-corrected chi connectivity index (χ4v) is 3.92. The van der Waals surface area contributed by atoms with E-state index in [0.717, 1.165) is 33.7 Å². The van der Waals surface area contributed by atoms with Crippen LogP contribution in [0.15, 0.2) is 28.6 Å². The molecule has 0 bridgehead atoms. The summed E-state index contributed by atoms with van der Waals surface area (Å²) < 4.78 is 0.792. The van der Waals surface area contributed by atoms with E-state index in [-0.39, 0.29) is 11.8 Å². The molecule has 0 unspecified atom stereocenters. The monoisotopic (exact) mass is 348 g/mol. The first kappa shape index (κ1) is 15.9. The number of carbonyl (C=O) groups is 2. The standard InChI is InChI=1S/C15H16N4O2S2/c1-10-17-18-15(23-10)22-9-13(20)16-11-4-6-12(7-5-11)19-8-2-3-14(19)21/h4-7H,2-3,8-9H2,1H3,(H,16,20). The zero-order valence-corrected chi connectivity index (χ0v) is 14.2. The van der Waals surface area contributed by atoms with E-state index in [1.807, 2.05) is 31.2 Å².